The van der Waals surface area contributed by atoms with Crippen molar-refractivity contribution in [1.29, 1.82) is 0 Å². The number of aryl methyl sites for hydroxylation is 2. The zero-order valence-corrected chi connectivity index (χ0v) is 14.3. The molecule has 24 heavy (non-hydrogen) atoms. The van der Waals surface area contributed by atoms with Crippen LogP contribution in [-0.2, 0) is 11.3 Å². The van der Waals surface area contributed by atoms with Crippen molar-refractivity contribution in [1.82, 2.24) is 14.5 Å². The smallest absolute Gasteiger partial charge is 0.221 e. The van der Waals surface area contributed by atoms with Crippen LogP contribution in [0.15, 0.2) is 30.3 Å². The Kier molecular flexibility index (Phi) is 4.20. The van der Waals surface area contributed by atoms with Crippen molar-refractivity contribution in [3.63, 3.8) is 0 Å². The molecule has 1 aromatic carbocycles. The van der Waals surface area contributed by atoms with Gasteiger partial charge in [0.2, 0.25) is 5.91 Å². The molecule has 0 aliphatic heterocycles. The number of methoxy groups -OCH3 is 1. The molecule has 0 saturated carbocycles. The molecule has 2 aromatic heterocycles. The van der Waals surface area contributed by atoms with Gasteiger partial charge < -0.3 is 14.6 Å². The van der Waals surface area contributed by atoms with Gasteiger partial charge in [-0.15, -0.1) is 0 Å². The molecule has 0 saturated heterocycles. The van der Waals surface area contributed by atoms with Crippen LogP contribution in [0.1, 0.15) is 24.0 Å². The van der Waals surface area contributed by atoms with Crippen molar-refractivity contribution in [2.75, 3.05) is 12.4 Å². The van der Waals surface area contributed by atoms with E-state index in [0.717, 1.165) is 34.0 Å². The summed E-state index contributed by atoms with van der Waals surface area (Å²) in [6.45, 7) is 5.97. The average molecular weight is 324 g/mol. The molecule has 0 aliphatic rings. The molecule has 3 aromatic rings. The standard InChI is InChI=1S/C18H20N4O2/c1-11-16(21-13(3)23)9-17-18(19-11)22(12(2)20-17)10-14-6-5-7-15(8-14)24-4/h5-9H,10H2,1-4H3,(H,21,23). The van der Waals surface area contributed by atoms with E-state index in [1.54, 1.807) is 7.11 Å². The van der Waals surface area contributed by atoms with Crippen molar-refractivity contribution in [3.8, 4) is 5.75 Å². The molecular weight excluding hydrogens is 304 g/mol. The van der Waals surface area contributed by atoms with E-state index < -0.39 is 0 Å². The number of nitrogens with zero attached hydrogens (tertiary/aromatic N) is 3. The predicted molar refractivity (Wildman–Crippen MR) is 93.4 cm³/mol. The lowest BCUT2D eigenvalue weighted by atomic mass is 10.2. The minimum absolute atomic E-state index is 0.119. The number of hydrogen-bond acceptors (Lipinski definition) is 4. The maximum absolute atomic E-state index is 11.3. The van der Waals surface area contributed by atoms with Crippen LogP contribution in [0, 0.1) is 13.8 Å². The van der Waals surface area contributed by atoms with E-state index in [-0.39, 0.29) is 5.91 Å². The Bertz CT molecular complexity index is 915. The Hall–Kier alpha value is -2.89. The summed E-state index contributed by atoms with van der Waals surface area (Å²) < 4.78 is 7.35. The number of carbonyl (C=O) groups excluding carboxylic acids is 1. The zero-order chi connectivity index (χ0) is 17.3. The van der Waals surface area contributed by atoms with Gasteiger partial charge in [0.25, 0.3) is 0 Å². The Morgan fingerprint density at radius 1 is 1.25 bits per heavy atom. The highest BCUT2D eigenvalue weighted by atomic mass is 16.5. The van der Waals surface area contributed by atoms with Gasteiger partial charge in [-0.05, 0) is 37.6 Å². The molecule has 0 spiro atoms. The van der Waals surface area contributed by atoms with Crippen LogP contribution in [0.2, 0.25) is 0 Å². The van der Waals surface area contributed by atoms with Crippen LogP contribution in [0.25, 0.3) is 11.2 Å². The SMILES string of the molecule is COc1cccc(Cn2c(C)nc3cc(NC(C)=O)c(C)nc32)c1. The Labute approximate surface area is 140 Å². The second kappa shape index (κ2) is 6.31. The number of imidazole rings is 1. The highest BCUT2D eigenvalue weighted by molar-refractivity contribution is 5.91. The fourth-order valence-electron chi connectivity index (χ4n) is 2.71. The highest BCUT2D eigenvalue weighted by Crippen LogP contribution is 2.23. The number of nitrogens with one attached hydrogen (secondary N) is 1. The fraction of sp³-hybridized carbons (Fsp3) is 0.278. The number of benzene rings is 1. The van der Waals surface area contributed by atoms with E-state index in [0.29, 0.717) is 12.2 Å². The Morgan fingerprint density at radius 3 is 2.75 bits per heavy atom. The zero-order valence-electron chi connectivity index (χ0n) is 14.3. The van der Waals surface area contributed by atoms with Gasteiger partial charge in [0.15, 0.2) is 5.65 Å². The van der Waals surface area contributed by atoms with Gasteiger partial charge in [0.1, 0.15) is 17.1 Å². The number of carbonyl (C=O) groups is 1. The molecule has 6 nitrogen and oxygen atoms in total. The minimum atomic E-state index is -0.119. The minimum Gasteiger partial charge on any atom is -0.497 e. The molecule has 0 unspecified atom stereocenters. The predicted octanol–water partition coefficient (Wildman–Crippen LogP) is 3.06. The van der Waals surface area contributed by atoms with Crippen LogP contribution in [0.4, 0.5) is 5.69 Å². The van der Waals surface area contributed by atoms with E-state index >= 15 is 0 Å². The van der Waals surface area contributed by atoms with Gasteiger partial charge >= 0.3 is 0 Å². The second-order valence-electron chi connectivity index (χ2n) is 5.74. The third-order valence-corrected chi connectivity index (χ3v) is 3.89. The summed E-state index contributed by atoms with van der Waals surface area (Å²) in [6, 6.07) is 9.81. The third-order valence-electron chi connectivity index (χ3n) is 3.89. The van der Waals surface area contributed by atoms with E-state index in [9.17, 15) is 4.79 Å². The highest BCUT2D eigenvalue weighted by Gasteiger charge is 2.13. The molecule has 6 heteroatoms. The first kappa shape index (κ1) is 16.0. The molecule has 0 fully saturated rings. The largest absolute Gasteiger partial charge is 0.497 e. The van der Waals surface area contributed by atoms with Crippen LogP contribution in [0.3, 0.4) is 0 Å². The number of aromatic nitrogens is 3. The van der Waals surface area contributed by atoms with Crippen LogP contribution < -0.4 is 10.1 Å². The fourth-order valence-corrected chi connectivity index (χ4v) is 2.71. The molecule has 1 amide bonds. The van der Waals surface area contributed by atoms with Crippen molar-refractivity contribution in [3.05, 3.63) is 47.4 Å². The van der Waals surface area contributed by atoms with Crippen molar-refractivity contribution >= 4 is 22.8 Å². The molecule has 124 valence electrons. The van der Waals surface area contributed by atoms with Gasteiger partial charge in [-0.25, -0.2) is 9.97 Å². The first-order valence-corrected chi connectivity index (χ1v) is 7.73. The summed E-state index contributed by atoms with van der Waals surface area (Å²) >= 11 is 0. The summed E-state index contributed by atoms with van der Waals surface area (Å²) in [6.07, 6.45) is 0. The molecule has 0 bridgehead atoms. The van der Waals surface area contributed by atoms with Crippen molar-refractivity contribution in [2.45, 2.75) is 27.3 Å². The first-order valence-electron chi connectivity index (χ1n) is 7.73. The van der Waals surface area contributed by atoms with Crippen molar-refractivity contribution < 1.29 is 9.53 Å². The quantitative estimate of drug-likeness (QED) is 0.801. The monoisotopic (exact) mass is 324 g/mol. The summed E-state index contributed by atoms with van der Waals surface area (Å²) in [5.74, 6) is 1.58. The maximum atomic E-state index is 11.3. The first-order chi connectivity index (χ1) is 11.5. The summed E-state index contributed by atoms with van der Waals surface area (Å²) in [4.78, 5) is 20.5. The lowest BCUT2D eigenvalue weighted by Crippen LogP contribution is -2.09. The third kappa shape index (κ3) is 3.08. The summed E-state index contributed by atoms with van der Waals surface area (Å²) in [5.41, 5.74) is 4.15. The lowest BCUT2D eigenvalue weighted by molar-refractivity contribution is -0.114. The number of fused-ring (bicyclic) bond motifs is 1. The van der Waals surface area contributed by atoms with Crippen LogP contribution in [-0.4, -0.2) is 27.6 Å². The van der Waals surface area contributed by atoms with Gasteiger partial charge in [0, 0.05) is 6.92 Å². The van der Waals surface area contributed by atoms with Gasteiger partial charge in [0.05, 0.1) is 25.0 Å². The Morgan fingerprint density at radius 2 is 2.04 bits per heavy atom. The number of hydrogen-bond donors (Lipinski definition) is 1. The van der Waals surface area contributed by atoms with Gasteiger partial charge in [-0.3, -0.25) is 4.79 Å². The summed E-state index contributed by atoms with van der Waals surface area (Å²) in [7, 11) is 1.66. The topological polar surface area (TPSA) is 69.0 Å². The molecular formula is C18H20N4O2. The summed E-state index contributed by atoms with van der Waals surface area (Å²) in [5, 5.41) is 2.79. The van der Waals surface area contributed by atoms with E-state index in [1.807, 2.05) is 44.2 Å². The molecule has 0 atom stereocenters. The average Bonchev–Trinajstić information content (AvgIpc) is 2.83. The van der Waals surface area contributed by atoms with Crippen LogP contribution >= 0.6 is 0 Å². The van der Waals surface area contributed by atoms with Crippen LogP contribution in [0.5, 0.6) is 5.75 Å². The Balaban J connectivity index is 2.03. The molecule has 0 aliphatic carbocycles. The number of amides is 1. The van der Waals surface area contributed by atoms with Gasteiger partial charge in [-0.1, -0.05) is 12.1 Å². The number of anilines is 1. The number of rotatable bonds is 4. The molecule has 2 heterocycles. The molecule has 1 N–H and O–H groups in total. The number of ether oxygens (including phenoxy) is 1. The molecule has 3 rings (SSSR count). The second-order valence-corrected chi connectivity index (χ2v) is 5.74. The number of pyridine rings is 1. The molecule has 0 radical (unpaired) electrons. The van der Waals surface area contributed by atoms with E-state index in [1.165, 1.54) is 6.92 Å². The maximum Gasteiger partial charge on any atom is 0.221 e. The van der Waals surface area contributed by atoms with E-state index in [4.69, 9.17) is 4.74 Å². The lowest BCUT2D eigenvalue weighted by Gasteiger charge is -2.10. The normalized spacial score (nSPS) is 10.8. The van der Waals surface area contributed by atoms with Crippen molar-refractivity contribution in [2.24, 2.45) is 0 Å². The van der Waals surface area contributed by atoms with E-state index in [2.05, 4.69) is 19.9 Å². The van der Waals surface area contributed by atoms with Gasteiger partial charge in [-0.2, -0.15) is 0 Å².